The van der Waals surface area contributed by atoms with Crippen molar-refractivity contribution in [2.24, 2.45) is 5.73 Å². The van der Waals surface area contributed by atoms with Gasteiger partial charge in [-0.15, -0.1) is 0 Å². The molecule has 1 atom stereocenters. The highest BCUT2D eigenvalue weighted by Crippen LogP contribution is 2.39. The van der Waals surface area contributed by atoms with Gasteiger partial charge in [-0.2, -0.15) is 0 Å². The van der Waals surface area contributed by atoms with Crippen molar-refractivity contribution in [2.45, 2.75) is 39.2 Å². The lowest BCUT2D eigenvalue weighted by Crippen LogP contribution is -2.58. The molecule has 16 heavy (non-hydrogen) atoms. The normalized spacial score (nSPS) is 20.3. The first-order valence-corrected chi connectivity index (χ1v) is 5.89. The summed E-state index contributed by atoms with van der Waals surface area (Å²) in [5.41, 5.74) is 11.6. The summed E-state index contributed by atoms with van der Waals surface area (Å²) in [6, 6.07) is 4.62. The highest BCUT2D eigenvalue weighted by Gasteiger charge is 2.45. The van der Waals surface area contributed by atoms with Gasteiger partial charge in [0.15, 0.2) is 0 Å². The highest BCUT2D eigenvalue weighted by atomic mass is 16.5. The number of ether oxygens (including phenoxy) is 1. The van der Waals surface area contributed by atoms with Crippen LogP contribution in [0.1, 0.15) is 29.2 Å². The van der Waals surface area contributed by atoms with Crippen LogP contribution in [0.25, 0.3) is 0 Å². The molecule has 1 unspecified atom stereocenters. The summed E-state index contributed by atoms with van der Waals surface area (Å²) in [7, 11) is 0. The SMILES string of the molecule is Cc1cc(C)c(C2(C(C)N)COC2)c(C)c1. The third-order valence-electron chi connectivity index (χ3n) is 3.77. The predicted octanol–water partition coefficient (Wildman–Crippen LogP) is 2.23. The molecule has 2 rings (SSSR count). The Morgan fingerprint density at radius 2 is 1.69 bits per heavy atom. The Bertz CT molecular complexity index is 382. The van der Waals surface area contributed by atoms with Crippen molar-refractivity contribution in [1.82, 2.24) is 0 Å². The average Bonchev–Trinajstić information content (AvgIpc) is 2.06. The first-order chi connectivity index (χ1) is 7.47. The number of nitrogens with two attached hydrogens (primary N) is 1. The second kappa shape index (κ2) is 3.86. The smallest absolute Gasteiger partial charge is 0.0600 e. The molecule has 88 valence electrons. The van der Waals surface area contributed by atoms with Crippen LogP contribution in [0, 0.1) is 20.8 Å². The molecular weight excluding hydrogens is 198 g/mol. The minimum Gasteiger partial charge on any atom is -0.379 e. The van der Waals surface area contributed by atoms with Crippen LogP contribution < -0.4 is 5.73 Å². The van der Waals surface area contributed by atoms with E-state index in [9.17, 15) is 0 Å². The maximum absolute atomic E-state index is 6.16. The van der Waals surface area contributed by atoms with E-state index in [1.807, 2.05) is 0 Å². The summed E-state index contributed by atoms with van der Waals surface area (Å²) in [5.74, 6) is 0. The second-order valence-electron chi connectivity index (χ2n) is 5.21. The van der Waals surface area contributed by atoms with Gasteiger partial charge in [0.2, 0.25) is 0 Å². The third-order valence-corrected chi connectivity index (χ3v) is 3.77. The van der Waals surface area contributed by atoms with Gasteiger partial charge >= 0.3 is 0 Å². The van der Waals surface area contributed by atoms with E-state index >= 15 is 0 Å². The van der Waals surface area contributed by atoms with Gasteiger partial charge in [-0.3, -0.25) is 0 Å². The molecule has 1 aliphatic heterocycles. The Morgan fingerprint density at radius 1 is 1.19 bits per heavy atom. The third kappa shape index (κ3) is 1.57. The fourth-order valence-corrected chi connectivity index (χ4v) is 2.92. The van der Waals surface area contributed by atoms with Gasteiger partial charge in [-0.1, -0.05) is 17.7 Å². The van der Waals surface area contributed by atoms with Crippen LogP contribution in [-0.4, -0.2) is 19.3 Å². The Morgan fingerprint density at radius 3 is 2.00 bits per heavy atom. The molecule has 0 saturated carbocycles. The van der Waals surface area contributed by atoms with Crippen molar-refractivity contribution in [3.05, 3.63) is 34.4 Å². The largest absolute Gasteiger partial charge is 0.379 e. The standard InChI is InChI=1S/C14H21NO/c1-9-5-10(2)13(11(3)6-9)14(12(4)15)7-16-8-14/h5-6,12H,7-8,15H2,1-4H3. The Balaban J connectivity index is 2.55. The van der Waals surface area contributed by atoms with Crippen LogP contribution in [0.5, 0.6) is 0 Å². The number of rotatable bonds is 2. The Kier molecular flexibility index (Phi) is 2.81. The molecule has 2 nitrogen and oxygen atoms in total. The molecule has 2 heteroatoms. The summed E-state index contributed by atoms with van der Waals surface area (Å²) in [6.45, 7) is 10.1. The van der Waals surface area contributed by atoms with Crippen molar-refractivity contribution in [2.75, 3.05) is 13.2 Å². The van der Waals surface area contributed by atoms with Gasteiger partial charge in [-0.25, -0.2) is 0 Å². The lowest BCUT2D eigenvalue weighted by molar-refractivity contribution is -0.0707. The van der Waals surface area contributed by atoms with Gasteiger partial charge in [-0.05, 0) is 44.4 Å². The van der Waals surface area contributed by atoms with Crippen molar-refractivity contribution < 1.29 is 4.74 Å². The molecule has 1 aromatic rings. The van der Waals surface area contributed by atoms with Gasteiger partial charge in [0.05, 0.1) is 18.6 Å². The van der Waals surface area contributed by atoms with Crippen LogP contribution in [0.3, 0.4) is 0 Å². The summed E-state index contributed by atoms with van der Waals surface area (Å²) in [5, 5.41) is 0. The lowest BCUT2D eigenvalue weighted by Gasteiger charge is -2.46. The van der Waals surface area contributed by atoms with E-state index < -0.39 is 0 Å². The molecule has 2 N–H and O–H groups in total. The first-order valence-electron chi connectivity index (χ1n) is 5.89. The molecule has 0 aromatic heterocycles. The monoisotopic (exact) mass is 219 g/mol. The molecule has 1 saturated heterocycles. The summed E-state index contributed by atoms with van der Waals surface area (Å²) in [4.78, 5) is 0. The molecule has 1 aliphatic rings. The van der Waals surface area contributed by atoms with Gasteiger partial charge in [0.1, 0.15) is 0 Å². The number of hydrogen-bond acceptors (Lipinski definition) is 2. The maximum atomic E-state index is 6.16. The van der Waals surface area contributed by atoms with Crippen molar-refractivity contribution in [1.29, 1.82) is 0 Å². The lowest BCUT2D eigenvalue weighted by atomic mass is 9.70. The Labute approximate surface area is 97.8 Å². The first kappa shape index (κ1) is 11.6. The molecule has 1 heterocycles. The van der Waals surface area contributed by atoms with Crippen molar-refractivity contribution in [3.8, 4) is 0 Å². The minimum atomic E-state index is 0.0435. The van der Waals surface area contributed by atoms with Crippen LogP contribution in [-0.2, 0) is 10.2 Å². The van der Waals surface area contributed by atoms with Crippen LogP contribution in [0.15, 0.2) is 12.1 Å². The van der Waals surface area contributed by atoms with Crippen LogP contribution in [0.4, 0.5) is 0 Å². The molecule has 0 bridgehead atoms. The van der Waals surface area contributed by atoms with E-state index in [-0.39, 0.29) is 11.5 Å². The molecule has 0 spiro atoms. The number of benzene rings is 1. The zero-order valence-corrected chi connectivity index (χ0v) is 10.6. The topological polar surface area (TPSA) is 35.2 Å². The molecular formula is C14H21NO. The molecule has 1 aromatic carbocycles. The van der Waals surface area contributed by atoms with E-state index in [2.05, 4.69) is 39.8 Å². The predicted molar refractivity (Wildman–Crippen MR) is 66.8 cm³/mol. The highest BCUT2D eigenvalue weighted by molar-refractivity contribution is 5.45. The van der Waals surface area contributed by atoms with E-state index in [4.69, 9.17) is 10.5 Å². The van der Waals surface area contributed by atoms with Gasteiger partial charge in [0.25, 0.3) is 0 Å². The fourth-order valence-electron chi connectivity index (χ4n) is 2.92. The zero-order chi connectivity index (χ0) is 11.9. The van der Waals surface area contributed by atoms with E-state index in [0.29, 0.717) is 0 Å². The quantitative estimate of drug-likeness (QED) is 0.828. The second-order valence-corrected chi connectivity index (χ2v) is 5.21. The minimum absolute atomic E-state index is 0.0435. The molecule has 0 radical (unpaired) electrons. The number of aryl methyl sites for hydroxylation is 3. The maximum Gasteiger partial charge on any atom is 0.0600 e. The van der Waals surface area contributed by atoms with Crippen LogP contribution in [0.2, 0.25) is 0 Å². The van der Waals surface area contributed by atoms with Crippen molar-refractivity contribution in [3.63, 3.8) is 0 Å². The fraction of sp³-hybridized carbons (Fsp3) is 0.571. The average molecular weight is 219 g/mol. The molecule has 1 fully saturated rings. The van der Waals surface area contributed by atoms with E-state index in [0.717, 1.165) is 13.2 Å². The summed E-state index contributed by atoms with van der Waals surface area (Å²) < 4.78 is 5.41. The van der Waals surface area contributed by atoms with E-state index in [1.165, 1.54) is 22.3 Å². The van der Waals surface area contributed by atoms with Crippen LogP contribution >= 0.6 is 0 Å². The molecule has 0 amide bonds. The summed E-state index contributed by atoms with van der Waals surface area (Å²) in [6.07, 6.45) is 0. The summed E-state index contributed by atoms with van der Waals surface area (Å²) >= 11 is 0. The molecule has 0 aliphatic carbocycles. The van der Waals surface area contributed by atoms with Gasteiger partial charge < -0.3 is 10.5 Å². The van der Waals surface area contributed by atoms with E-state index in [1.54, 1.807) is 0 Å². The zero-order valence-electron chi connectivity index (χ0n) is 10.6. The van der Waals surface area contributed by atoms with Gasteiger partial charge in [0, 0.05) is 6.04 Å². The Hall–Kier alpha value is -0.860. The number of hydrogen-bond donors (Lipinski definition) is 1. The van der Waals surface area contributed by atoms with Crippen molar-refractivity contribution >= 4 is 0 Å².